The van der Waals surface area contributed by atoms with Gasteiger partial charge in [0, 0.05) is 50.3 Å². The third-order valence-corrected chi connectivity index (χ3v) is 4.78. The molecule has 1 saturated heterocycles. The molecular formula is C15H21Cl2N3O2S. The van der Waals surface area contributed by atoms with Gasteiger partial charge in [0.1, 0.15) is 0 Å². The minimum absolute atomic E-state index is 0. The number of rotatable bonds is 4. The zero-order valence-corrected chi connectivity index (χ0v) is 15.5. The van der Waals surface area contributed by atoms with Gasteiger partial charge in [-0.05, 0) is 18.2 Å². The number of benzene rings is 1. The molecule has 1 aliphatic rings. The van der Waals surface area contributed by atoms with Crippen molar-refractivity contribution in [2.24, 2.45) is 0 Å². The largest absolute Gasteiger partial charge is 0.345 e. The lowest BCUT2D eigenvalue weighted by Gasteiger charge is -2.22. The van der Waals surface area contributed by atoms with Crippen LogP contribution in [0.4, 0.5) is 5.69 Å². The van der Waals surface area contributed by atoms with E-state index >= 15 is 0 Å². The van der Waals surface area contributed by atoms with Crippen LogP contribution in [0.1, 0.15) is 16.8 Å². The number of hydrogen-bond donors (Lipinski definition) is 2. The van der Waals surface area contributed by atoms with Crippen molar-refractivity contribution in [1.29, 1.82) is 0 Å². The summed E-state index contributed by atoms with van der Waals surface area (Å²) in [6.45, 7) is 0.936. The number of amides is 2. The summed E-state index contributed by atoms with van der Waals surface area (Å²) in [6.07, 6.45) is 0.423. The smallest absolute Gasteiger partial charge is 0.254 e. The van der Waals surface area contributed by atoms with Gasteiger partial charge in [-0.15, -0.1) is 12.4 Å². The van der Waals surface area contributed by atoms with Crippen LogP contribution in [-0.4, -0.2) is 54.9 Å². The predicted octanol–water partition coefficient (Wildman–Crippen LogP) is 2.50. The zero-order valence-electron chi connectivity index (χ0n) is 13.1. The van der Waals surface area contributed by atoms with Crippen LogP contribution in [0.3, 0.4) is 0 Å². The Labute approximate surface area is 151 Å². The highest BCUT2D eigenvalue weighted by Gasteiger charge is 2.18. The Bertz CT molecular complexity index is 564. The van der Waals surface area contributed by atoms with Crippen molar-refractivity contribution in [1.82, 2.24) is 10.2 Å². The summed E-state index contributed by atoms with van der Waals surface area (Å²) >= 11 is 7.91. The second kappa shape index (κ2) is 9.37. The van der Waals surface area contributed by atoms with E-state index in [-0.39, 0.29) is 30.3 Å². The van der Waals surface area contributed by atoms with Crippen molar-refractivity contribution in [3.05, 3.63) is 28.8 Å². The van der Waals surface area contributed by atoms with Gasteiger partial charge in [0.15, 0.2) is 0 Å². The lowest BCUT2D eigenvalue weighted by Crippen LogP contribution is -2.39. The summed E-state index contributed by atoms with van der Waals surface area (Å²) < 4.78 is 0. The molecule has 2 rings (SSSR count). The van der Waals surface area contributed by atoms with Gasteiger partial charge in [-0.1, -0.05) is 11.6 Å². The monoisotopic (exact) mass is 377 g/mol. The van der Waals surface area contributed by atoms with Gasteiger partial charge in [-0.2, -0.15) is 11.8 Å². The summed E-state index contributed by atoms with van der Waals surface area (Å²) in [5.41, 5.74) is 0.971. The topological polar surface area (TPSA) is 61.4 Å². The lowest BCUT2D eigenvalue weighted by atomic mass is 10.1. The van der Waals surface area contributed by atoms with Crippen LogP contribution < -0.4 is 10.6 Å². The van der Waals surface area contributed by atoms with E-state index in [2.05, 4.69) is 10.6 Å². The quantitative estimate of drug-likeness (QED) is 0.845. The third kappa shape index (κ3) is 5.88. The van der Waals surface area contributed by atoms with E-state index in [0.29, 0.717) is 22.7 Å². The van der Waals surface area contributed by atoms with Crippen molar-refractivity contribution in [2.45, 2.75) is 12.5 Å². The van der Waals surface area contributed by atoms with Gasteiger partial charge < -0.3 is 15.5 Å². The van der Waals surface area contributed by atoms with Crippen molar-refractivity contribution < 1.29 is 9.59 Å². The van der Waals surface area contributed by atoms with Gasteiger partial charge in [-0.3, -0.25) is 9.59 Å². The fourth-order valence-corrected chi connectivity index (χ4v) is 3.34. The molecule has 0 saturated carbocycles. The standard InChI is InChI=1S/C15H20ClN3O2S.ClH/c1-19(2)15(21)12-7-10(3-4-13(12)16)18-14(20)8-11-9-22-6-5-17-11;/h3-4,7,11,17H,5-6,8-9H2,1-2H3,(H,18,20);1H. The minimum atomic E-state index is -0.188. The van der Waals surface area contributed by atoms with E-state index in [0.717, 1.165) is 18.1 Å². The van der Waals surface area contributed by atoms with Gasteiger partial charge in [0.2, 0.25) is 5.91 Å². The molecule has 1 fully saturated rings. The molecule has 23 heavy (non-hydrogen) atoms. The van der Waals surface area contributed by atoms with Crippen LogP contribution in [0.5, 0.6) is 0 Å². The molecule has 8 heteroatoms. The molecular weight excluding hydrogens is 357 g/mol. The molecule has 2 N–H and O–H groups in total. The van der Waals surface area contributed by atoms with Crippen LogP contribution in [0, 0.1) is 0 Å². The summed E-state index contributed by atoms with van der Waals surface area (Å²) in [5, 5.41) is 6.54. The number of anilines is 1. The first-order valence-electron chi connectivity index (χ1n) is 7.09. The molecule has 128 valence electrons. The van der Waals surface area contributed by atoms with Gasteiger partial charge >= 0.3 is 0 Å². The maximum Gasteiger partial charge on any atom is 0.254 e. The lowest BCUT2D eigenvalue weighted by molar-refractivity contribution is -0.116. The molecule has 2 amide bonds. The number of halogens is 2. The molecule has 0 bridgehead atoms. The second-order valence-electron chi connectivity index (χ2n) is 5.37. The van der Waals surface area contributed by atoms with E-state index in [1.54, 1.807) is 32.3 Å². The average molecular weight is 378 g/mol. The van der Waals surface area contributed by atoms with Crippen LogP contribution in [0.25, 0.3) is 0 Å². The number of carbonyl (C=O) groups is 2. The SMILES string of the molecule is CN(C)C(=O)c1cc(NC(=O)CC2CSCCN2)ccc1Cl.Cl. The first-order chi connectivity index (χ1) is 10.5. The van der Waals surface area contributed by atoms with Crippen LogP contribution in [0.2, 0.25) is 5.02 Å². The molecule has 1 heterocycles. The van der Waals surface area contributed by atoms with Crippen molar-refractivity contribution in [3.8, 4) is 0 Å². The molecule has 1 aliphatic heterocycles. The highest BCUT2D eigenvalue weighted by molar-refractivity contribution is 7.99. The van der Waals surface area contributed by atoms with Crippen molar-refractivity contribution in [3.63, 3.8) is 0 Å². The zero-order chi connectivity index (χ0) is 16.1. The number of nitrogens with one attached hydrogen (secondary N) is 2. The van der Waals surface area contributed by atoms with Crippen LogP contribution in [0.15, 0.2) is 18.2 Å². The molecule has 0 spiro atoms. The van der Waals surface area contributed by atoms with E-state index < -0.39 is 0 Å². The Morgan fingerprint density at radius 3 is 2.78 bits per heavy atom. The van der Waals surface area contributed by atoms with Crippen LogP contribution >= 0.6 is 35.8 Å². The summed E-state index contributed by atoms with van der Waals surface area (Å²) in [4.78, 5) is 25.6. The molecule has 0 radical (unpaired) electrons. The number of thioether (sulfide) groups is 1. The van der Waals surface area contributed by atoms with E-state index in [1.165, 1.54) is 4.90 Å². The molecule has 1 atom stereocenters. The predicted molar refractivity (Wildman–Crippen MR) is 99.1 cm³/mol. The Morgan fingerprint density at radius 1 is 1.43 bits per heavy atom. The number of hydrogen-bond acceptors (Lipinski definition) is 4. The first kappa shape index (κ1) is 20.1. The van der Waals surface area contributed by atoms with Gasteiger partial charge in [-0.25, -0.2) is 0 Å². The van der Waals surface area contributed by atoms with E-state index in [9.17, 15) is 9.59 Å². The van der Waals surface area contributed by atoms with Crippen molar-refractivity contribution in [2.75, 3.05) is 37.5 Å². The Morgan fingerprint density at radius 2 is 2.17 bits per heavy atom. The Hall–Kier alpha value is -0.950. The van der Waals surface area contributed by atoms with Gasteiger partial charge in [0.25, 0.3) is 5.91 Å². The Kier molecular flexibility index (Phi) is 8.19. The number of carbonyl (C=O) groups excluding carboxylic acids is 2. The normalized spacial score (nSPS) is 17.1. The highest BCUT2D eigenvalue weighted by Crippen LogP contribution is 2.22. The summed E-state index contributed by atoms with van der Waals surface area (Å²) in [6, 6.07) is 5.15. The molecule has 0 aromatic heterocycles. The molecule has 5 nitrogen and oxygen atoms in total. The first-order valence-corrected chi connectivity index (χ1v) is 8.63. The Balaban J connectivity index is 0.00000264. The maximum absolute atomic E-state index is 12.1. The fraction of sp³-hybridized carbons (Fsp3) is 0.467. The second-order valence-corrected chi connectivity index (χ2v) is 6.93. The third-order valence-electron chi connectivity index (χ3n) is 3.32. The summed E-state index contributed by atoms with van der Waals surface area (Å²) in [5.74, 6) is 1.78. The van der Waals surface area contributed by atoms with Crippen LogP contribution in [-0.2, 0) is 4.79 Å². The average Bonchev–Trinajstić information content (AvgIpc) is 2.49. The van der Waals surface area contributed by atoms with E-state index in [1.807, 2.05) is 11.8 Å². The molecule has 0 aliphatic carbocycles. The molecule has 1 aromatic rings. The van der Waals surface area contributed by atoms with E-state index in [4.69, 9.17) is 11.6 Å². The number of nitrogens with zero attached hydrogens (tertiary/aromatic N) is 1. The molecule has 1 unspecified atom stereocenters. The highest BCUT2D eigenvalue weighted by atomic mass is 35.5. The molecule has 1 aromatic carbocycles. The van der Waals surface area contributed by atoms with Crippen molar-refractivity contribution >= 4 is 53.3 Å². The van der Waals surface area contributed by atoms with Gasteiger partial charge in [0.05, 0.1) is 10.6 Å². The fourth-order valence-electron chi connectivity index (χ4n) is 2.19. The summed E-state index contributed by atoms with van der Waals surface area (Å²) in [7, 11) is 3.33. The maximum atomic E-state index is 12.1. The minimum Gasteiger partial charge on any atom is -0.345 e.